The maximum atomic E-state index is 5.10. The lowest BCUT2D eigenvalue weighted by molar-refractivity contribution is 0.557. The number of nitrogens with zero attached hydrogens (tertiary/aromatic N) is 1. The predicted molar refractivity (Wildman–Crippen MR) is 70.2 cm³/mol. The number of allylic oxidation sites excluding steroid dienone is 1. The van der Waals surface area contributed by atoms with Crippen molar-refractivity contribution < 1.29 is 4.42 Å². The molecule has 0 aromatic carbocycles. The third kappa shape index (κ3) is 5.11. The van der Waals surface area contributed by atoms with Crippen LogP contribution in [0.5, 0.6) is 0 Å². The van der Waals surface area contributed by atoms with Crippen LogP contribution in [0.25, 0.3) is 6.08 Å². The average molecular weight is 235 g/mol. The van der Waals surface area contributed by atoms with Gasteiger partial charge < -0.3 is 9.73 Å². The third-order valence-electron chi connectivity index (χ3n) is 1.54. The van der Waals surface area contributed by atoms with Crippen LogP contribution in [0.2, 0.25) is 0 Å². The Hall–Kier alpha value is -1.88. The molecule has 1 aromatic heterocycles. The van der Waals surface area contributed by atoms with Gasteiger partial charge in [-0.1, -0.05) is 6.08 Å². The van der Waals surface area contributed by atoms with Crippen LogP contribution in [0.15, 0.2) is 46.6 Å². The Balaban J connectivity index is 2.22. The molecule has 0 aliphatic carbocycles. The van der Waals surface area contributed by atoms with E-state index in [2.05, 4.69) is 22.4 Å². The van der Waals surface area contributed by atoms with Gasteiger partial charge in [-0.25, -0.2) is 0 Å². The maximum absolute atomic E-state index is 5.10. The minimum absolute atomic E-state index is 0.461. The van der Waals surface area contributed by atoms with Crippen LogP contribution in [0.1, 0.15) is 5.76 Å². The van der Waals surface area contributed by atoms with Gasteiger partial charge in [0.25, 0.3) is 0 Å². The first-order chi connectivity index (χ1) is 7.83. The third-order valence-corrected chi connectivity index (χ3v) is 1.77. The van der Waals surface area contributed by atoms with E-state index in [1.165, 1.54) is 0 Å². The fourth-order valence-electron chi connectivity index (χ4n) is 0.867. The Morgan fingerprint density at radius 2 is 2.50 bits per heavy atom. The first kappa shape index (κ1) is 12.2. The summed E-state index contributed by atoms with van der Waals surface area (Å²) in [6.45, 7) is 4.18. The lowest BCUT2D eigenvalue weighted by Crippen LogP contribution is -2.31. The summed E-state index contributed by atoms with van der Waals surface area (Å²) in [6, 6.07) is 3.68. The number of hydrazone groups is 1. The zero-order valence-electron chi connectivity index (χ0n) is 8.72. The second-order valence-electron chi connectivity index (χ2n) is 2.76. The van der Waals surface area contributed by atoms with Crippen molar-refractivity contribution in [3.63, 3.8) is 0 Å². The largest absolute Gasteiger partial charge is 0.465 e. The van der Waals surface area contributed by atoms with Crippen LogP contribution >= 0.6 is 12.2 Å². The van der Waals surface area contributed by atoms with E-state index in [1.807, 2.05) is 12.1 Å². The average Bonchev–Trinajstić information content (AvgIpc) is 2.79. The molecule has 0 spiro atoms. The molecule has 0 radical (unpaired) electrons. The summed E-state index contributed by atoms with van der Waals surface area (Å²) in [5.41, 5.74) is 2.66. The summed E-state index contributed by atoms with van der Waals surface area (Å²) in [4.78, 5) is 0. The van der Waals surface area contributed by atoms with Gasteiger partial charge >= 0.3 is 0 Å². The summed E-state index contributed by atoms with van der Waals surface area (Å²) < 4.78 is 5.10. The van der Waals surface area contributed by atoms with Crippen molar-refractivity contribution in [1.82, 2.24) is 10.7 Å². The smallest absolute Gasteiger partial charge is 0.187 e. The Labute approximate surface area is 99.7 Å². The number of rotatable bonds is 5. The Morgan fingerprint density at radius 3 is 3.19 bits per heavy atom. The number of hydrogen-bond acceptors (Lipinski definition) is 3. The van der Waals surface area contributed by atoms with Gasteiger partial charge in [-0.15, -0.1) is 6.58 Å². The predicted octanol–water partition coefficient (Wildman–Crippen LogP) is 1.93. The molecule has 0 amide bonds. The van der Waals surface area contributed by atoms with Gasteiger partial charge in [0.1, 0.15) is 5.76 Å². The minimum atomic E-state index is 0.461. The van der Waals surface area contributed by atoms with Gasteiger partial charge in [0.05, 0.1) is 6.26 Å². The van der Waals surface area contributed by atoms with Crippen molar-refractivity contribution in [2.45, 2.75) is 0 Å². The van der Waals surface area contributed by atoms with Crippen molar-refractivity contribution in [1.29, 1.82) is 0 Å². The molecule has 4 nitrogen and oxygen atoms in total. The SMILES string of the molecule is C=CCNC(=S)N/N=C/C=C/c1ccco1. The molecule has 0 aliphatic rings. The highest BCUT2D eigenvalue weighted by atomic mass is 32.1. The van der Waals surface area contributed by atoms with Gasteiger partial charge in [0.2, 0.25) is 0 Å². The van der Waals surface area contributed by atoms with Crippen molar-refractivity contribution in [2.24, 2.45) is 5.10 Å². The Bertz CT molecular complexity index is 382. The van der Waals surface area contributed by atoms with Crippen molar-refractivity contribution >= 4 is 29.6 Å². The summed E-state index contributed by atoms with van der Waals surface area (Å²) in [7, 11) is 0. The molecule has 2 N–H and O–H groups in total. The lowest BCUT2D eigenvalue weighted by Gasteiger charge is -2.01. The topological polar surface area (TPSA) is 49.6 Å². The van der Waals surface area contributed by atoms with Crippen LogP contribution in [-0.4, -0.2) is 17.9 Å². The molecular formula is C11H13N3OS. The summed E-state index contributed by atoms with van der Waals surface area (Å²) in [5, 5.41) is 7.23. The zero-order valence-corrected chi connectivity index (χ0v) is 9.54. The van der Waals surface area contributed by atoms with Gasteiger partial charge in [0.15, 0.2) is 5.11 Å². The molecule has 84 valence electrons. The van der Waals surface area contributed by atoms with Crippen LogP contribution in [0.3, 0.4) is 0 Å². The maximum Gasteiger partial charge on any atom is 0.187 e. The van der Waals surface area contributed by atoms with Crippen LogP contribution < -0.4 is 10.7 Å². The molecule has 16 heavy (non-hydrogen) atoms. The standard InChI is InChI=1S/C11H13N3OS/c1-2-7-12-11(16)14-13-8-3-5-10-6-4-9-15-10/h2-6,8-9H,1,7H2,(H2,12,14,16)/b5-3+,13-8+. The lowest BCUT2D eigenvalue weighted by atomic mass is 10.4. The molecule has 0 saturated carbocycles. The van der Waals surface area contributed by atoms with E-state index in [0.717, 1.165) is 5.76 Å². The Kier molecular flexibility index (Phi) is 5.65. The molecule has 5 heteroatoms. The second kappa shape index (κ2) is 7.42. The molecule has 0 saturated heterocycles. The van der Waals surface area contributed by atoms with Crippen LogP contribution in [0.4, 0.5) is 0 Å². The number of furan rings is 1. The molecule has 1 aromatic rings. The highest BCUT2D eigenvalue weighted by Gasteiger charge is 1.87. The van der Waals surface area contributed by atoms with Crippen molar-refractivity contribution in [3.8, 4) is 0 Å². The van der Waals surface area contributed by atoms with Crippen LogP contribution in [-0.2, 0) is 0 Å². The highest BCUT2D eigenvalue weighted by molar-refractivity contribution is 7.80. The fraction of sp³-hybridized carbons (Fsp3) is 0.0909. The number of nitrogens with one attached hydrogen (secondary N) is 2. The molecule has 0 bridgehead atoms. The van der Waals surface area contributed by atoms with Gasteiger partial charge in [-0.2, -0.15) is 5.10 Å². The quantitative estimate of drug-likeness (QED) is 0.354. The molecule has 1 rings (SSSR count). The molecule has 1 heterocycles. The monoisotopic (exact) mass is 235 g/mol. The molecule has 0 atom stereocenters. The molecule has 0 fully saturated rings. The second-order valence-corrected chi connectivity index (χ2v) is 3.17. The first-order valence-corrected chi connectivity index (χ1v) is 5.11. The molecule has 0 unspecified atom stereocenters. The van der Waals surface area contributed by atoms with E-state index in [0.29, 0.717) is 11.7 Å². The Morgan fingerprint density at radius 1 is 1.62 bits per heavy atom. The van der Waals surface area contributed by atoms with Crippen molar-refractivity contribution in [2.75, 3.05) is 6.54 Å². The summed E-state index contributed by atoms with van der Waals surface area (Å²) in [5.74, 6) is 0.777. The summed E-state index contributed by atoms with van der Waals surface area (Å²) >= 11 is 4.92. The molecule has 0 aliphatic heterocycles. The van der Waals surface area contributed by atoms with Gasteiger partial charge in [0, 0.05) is 12.8 Å². The van der Waals surface area contributed by atoms with Crippen molar-refractivity contribution in [3.05, 3.63) is 42.9 Å². The van der Waals surface area contributed by atoms with Crippen LogP contribution in [0, 0.1) is 0 Å². The van der Waals surface area contributed by atoms with E-state index in [-0.39, 0.29) is 0 Å². The highest BCUT2D eigenvalue weighted by Crippen LogP contribution is 2.00. The van der Waals surface area contributed by atoms with E-state index < -0.39 is 0 Å². The minimum Gasteiger partial charge on any atom is -0.465 e. The normalized spacial score (nSPS) is 10.8. The number of thiocarbonyl (C=S) groups is 1. The zero-order chi connectivity index (χ0) is 11.6. The van der Waals surface area contributed by atoms with E-state index in [9.17, 15) is 0 Å². The van der Waals surface area contributed by atoms with Gasteiger partial charge in [-0.05, 0) is 36.5 Å². The van der Waals surface area contributed by atoms with E-state index >= 15 is 0 Å². The summed E-state index contributed by atoms with van der Waals surface area (Å²) in [6.07, 6.45) is 8.47. The van der Waals surface area contributed by atoms with Gasteiger partial charge in [-0.3, -0.25) is 5.43 Å². The number of hydrogen-bond donors (Lipinski definition) is 2. The molecular weight excluding hydrogens is 222 g/mol. The fourth-order valence-corrected chi connectivity index (χ4v) is 1.00. The first-order valence-electron chi connectivity index (χ1n) is 4.71. The van der Waals surface area contributed by atoms with E-state index in [1.54, 1.807) is 30.7 Å². The van der Waals surface area contributed by atoms with E-state index in [4.69, 9.17) is 16.6 Å².